The molecule has 2 fully saturated rings. The fraction of sp³-hybridized carbons (Fsp3) is 0.543. The van der Waals surface area contributed by atoms with Crippen molar-refractivity contribution in [2.24, 2.45) is 0 Å². The first kappa shape index (κ1) is 34.0. The summed E-state index contributed by atoms with van der Waals surface area (Å²) in [6, 6.07) is 13.3. The van der Waals surface area contributed by atoms with Crippen molar-refractivity contribution in [3.63, 3.8) is 0 Å². The molecule has 0 bridgehead atoms. The van der Waals surface area contributed by atoms with Gasteiger partial charge in [-0.05, 0) is 77.1 Å². The van der Waals surface area contributed by atoms with E-state index in [1.807, 2.05) is 37.3 Å². The first-order chi connectivity index (χ1) is 21.4. The van der Waals surface area contributed by atoms with Crippen LogP contribution in [0.3, 0.4) is 0 Å². The lowest BCUT2D eigenvalue weighted by Crippen LogP contribution is -2.53. The summed E-state index contributed by atoms with van der Waals surface area (Å²) in [5.74, 6) is -1.19. The molecule has 10 nitrogen and oxygen atoms in total. The first-order valence-corrected chi connectivity index (χ1v) is 16.2. The quantitative estimate of drug-likeness (QED) is 0.309. The summed E-state index contributed by atoms with van der Waals surface area (Å²) in [5.41, 5.74) is 0.924. The SMILES string of the molecule is CCN(CC(O)C(Cc1ccccc1)NC(=O)c1cc(C(=O)OC(C)(C)C)cc(N2CCCC2=O)c1)C(=O)NC1CCCCC1. The van der Waals surface area contributed by atoms with Gasteiger partial charge in [-0.1, -0.05) is 49.6 Å². The summed E-state index contributed by atoms with van der Waals surface area (Å²) in [7, 11) is 0. The van der Waals surface area contributed by atoms with Crippen LogP contribution in [0.4, 0.5) is 10.5 Å². The van der Waals surface area contributed by atoms with Crippen LogP contribution >= 0.6 is 0 Å². The number of amides is 4. The second-order valence-electron chi connectivity index (χ2n) is 13.1. The lowest BCUT2D eigenvalue weighted by molar-refractivity contribution is -0.117. The van der Waals surface area contributed by atoms with Crippen LogP contribution in [-0.4, -0.2) is 77.2 Å². The van der Waals surface area contributed by atoms with Crippen LogP contribution < -0.4 is 15.5 Å². The number of nitrogens with one attached hydrogen (secondary N) is 2. The van der Waals surface area contributed by atoms with Crippen molar-refractivity contribution in [3.8, 4) is 0 Å². The molecule has 1 aliphatic heterocycles. The normalized spacial score (nSPS) is 17.0. The van der Waals surface area contributed by atoms with E-state index in [9.17, 15) is 24.3 Å². The zero-order chi connectivity index (χ0) is 32.6. The highest BCUT2D eigenvalue weighted by Gasteiger charge is 2.29. The number of urea groups is 1. The van der Waals surface area contributed by atoms with Crippen LogP contribution in [0.15, 0.2) is 48.5 Å². The van der Waals surface area contributed by atoms with Gasteiger partial charge in [-0.3, -0.25) is 9.59 Å². The summed E-state index contributed by atoms with van der Waals surface area (Å²) in [4.78, 5) is 55.8. The molecule has 0 spiro atoms. The fourth-order valence-corrected chi connectivity index (χ4v) is 5.90. The number of esters is 1. The number of aliphatic hydroxyl groups excluding tert-OH is 1. The molecular weight excluding hydrogens is 572 g/mol. The van der Waals surface area contributed by atoms with Gasteiger partial charge in [0.25, 0.3) is 5.91 Å². The van der Waals surface area contributed by atoms with E-state index in [2.05, 4.69) is 10.6 Å². The van der Waals surface area contributed by atoms with Crippen molar-refractivity contribution in [1.29, 1.82) is 0 Å². The molecule has 1 aliphatic carbocycles. The molecule has 4 rings (SSSR count). The van der Waals surface area contributed by atoms with Gasteiger partial charge in [-0.25, -0.2) is 9.59 Å². The first-order valence-electron chi connectivity index (χ1n) is 16.2. The molecule has 1 saturated heterocycles. The van der Waals surface area contributed by atoms with Crippen molar-refractivity contribution in [2.75, 3.05) is 24.5 Å². The molecule has 244 valence electrons. The third-order valence-corrected chi connectivity index (χ3v) is 8.29. The van der Waals surface area contributed by atoms with E-state index in [4.69, 9.17) is 4.74 Å². The smallest absolute Gasteiger partial charge is 0.338 e. The van der Waals surface area contributed by atoms with Gasteiger partial charge in [-0.2, -0.15) is 0 Å². The van der Waals surface area contributed by atoms with Crippen molar-refractivity contribution in [3.05, 3.63) is 65.2 Å². The summed E-state index contributed by atoms with van der Waals surface area (Å²) in [5, 5.41) is 17.6. The number of likely N-dealkylation sites (N-methyl/N-ethyl adjacent to an activating group) is 1. The molecule has 0 aromatic heterocycles. The second-order valence-corrected chi connectivity index (χ2v) is 13.1. The Kier molecular flexibility index (Phi) is 11.6. The molecule has 10 heteroatoms. The number of hydrogen-bond acceptors (Lipinski definition) is 6. The average molecular weight is 621 g/mol. The van der Waals surface area contributed by atoms with Crippen LogP contribution in [0.2, 0.25) is 0 Å². The molecule has 4 amide bonds. The predicted octanol–water partition coefficient (Wildman–Crippen LogP) is 4.83. The molecule has 2 atom stereocenters. The van der Waals surface area contributed by atoms with Crippen molar-refractivity contribution >= 4 is 29.5 Å². The Balaban J connectivity index is 1.58. The van der Waals surface area contributed by atoms with Gasteiger partial charge in [0, 0.05) is 36.8 Å². The Hall–Kier alpha value is -3.92. The molecule has 2 aromatic rings. The third-order valence-electron chi connectivity index (χ3n) is 8.29. The summed E-state index contributed by atoms with van der Waals surface area (Å²) < 4.78 is 5.58. The maximum Gasteiger partial charge on any atom is 0.338 e. The van der Waals surface area contributed by atoms with Crippen molar-refractivity contribution in [1.82, 2.24) is 15.5 Å². The minimum absolute atomic E-state index is 0.0261. The Morgan fingerprint density at radius 2 is 1.71 bits per heavy atom. The third kappa shape index (κ3) is 9.78. The number of anilines is 1. The number of ether oxygens (including phenoxy) is 1. The van der Waals surface area contributed by atoms with Gasteiger partial charge in [-0.15, -0.1) is 0 Å². The van der Waals surface area contributed by atoms with Gasteiger partial charge in [0.05, 0.1) is 24.3 Å². The molecule has 3 N–H and O–H groups in total. The number of hydrogen-bond donors (Lipinski definition) is 3. The molecule has 1 heterocycles. The van der Waals surface area contributed by atoms with Gasteiger partial charge < -0.3 is 30.3 Å². The number of nitrogens with zero attached hydrogens (tertiary/aromatic N) is 2. The Bertz CT molecular complexity index is 1340. The molecule has 0 radical (unpaired) electrons. The van der Waals surface area contributed by atoms with E-state index in [0.29, 0.717) is 38.0 Å². The van der Waals surface area contributed by atoms with Gasteiger partial charge in [0.1, 0.15) is 5.60 Å². The van der Waals surface area contributed by atoms with E-state index in [1.165, 1.54) is 12.5 Å². The minimum atomic E-state index is -1.08. The maximum atomic E-state index is 13.8. The number of rotatable bonds is 11. The largest absolute Gasteiger partial charge is 0.456 e. The Labute approximate surface area is 266 Å². The number of carbonyl (C=O) groups is 4. The molecule has 2 aromatic carbocycles. The maximum absolute atomic E-state index is 13.8. The molecule has 2 unspecified atom stereocenters. The predicted molar refractivity (Wildman–Crippen MR) is 173 cm³/mol. The zero-order valence-electron chi connectivity index (χ0n) is 27.0. The highest BCUT2D eigenvalue weighted by Crippen LogP contribution is 2.26. The summed E-state index contributed by atoms with van der Waals surface area (Å²) >= 11 is 0. The average Bonchev–Trinajstić information content (AvgIpc) is 3.45. The Morgan fingerprint density at radius 3 is 2.33 bits per heavy atom. The minimum Gasteiger partial charge on any atom is -0.456 e. The number of carbonyl (C=O) groups excluding carboxylic acids is 4. The van der Waals surface area contributed by atoms with Gasteiger partial charge in [0.15, 0.2) is 0 Å². The van der Waals surface area contributed by atoms with Gasteiger partial charge >= 0.3 is 12.0 Å². The van der Waals surface area contributed by atoms with E-state index in [0.717, 1.165) is 31.2 Å². The van der Waals surface area contributed by atoms with E-state index >= 15 is 0 Å². The van der Waals surface area contributed by atoms with Crippen molar-refractivity contribution in [2.45, 2.75) is 103 Å². The second kappa shape index (κ2) is 15.4. The standard InChI is InChI=1S/C35H48N4O6/c1-5-38(34(44)36-27-15-10-7-11-16-27)23-30(40)29(19-24-13-8-6-9-14-24)37-32(42)25-20-26(33(43)45-35(2,3)4)22-28(21-25)39-18-12-17-31(39)41/h6,8-9,13-14,20-22,27,29-30,40H,5,7,10-12,15-19,23H2,1-4H3,(H,36,44)(H,37,42). The van der Waals surface area contributed by atoms with Crippen molar-refractivity contribution < 1.29 is 29.0 Å². The van der Waals surface area contributed by atoms with Crippen LogP contribution in [0.25, 0.3) is 0 Å². The highest BCUT2D eigenvalue weighted by molar-refractivity contribution is 6.02. The lowest BCUT2D eigenvalue weighted by Gasteiger charge is -2.32. The zero-order valence-corrected chi connectivity index (χ0v) is 27.0. The summed E-state index contributed by atoms with van der Waals surface area (Å²) in [6.07, 6.45) is 5.58. The lowest BCUT2D eigenvalue weighted by atomic mass is 9.96. The van der Waals surface area contributed by atoms with E-state index in [-0.39, 0.29) is 35.7 Å². The highest BCUT2D eigenvalue weighted by atomic mass is 16.6. The molecule has 45 heavy (non-hydrogen) atoms. The van der Waals surface area contributed by atoms with Crippen LogP contribution in [0.5, 0.6) is 0 Å². The topological polar surface area (TPSA) is 128 Å². The van der Waals surface area contributed by atoms with Gasteiger partial charge in [0.2, 0.25) is 5.91 Å². The van der Waals surface area contributed by atoms with E-state index in [1.54, 1.807) is 42.7 Å². The van der Waals surface area contributed by atoms with Crippen LogP contribution in [-0.2, 0) is 16.0 Å². The number of benzene rings is 2. The summed E-state index contributed by atoms with van der Waals surface area (Å²) in [6.45, 7) is 8.06. The van der Waals surface area contributed by atoms with E-state index < -0.39 is 29.6 Å². The number of aliphatic hydroxyl groups is 1. The molecule has 1 saturated carbocycles. The van der Waals surface area contributed by atoms with Crippen LogP contribution in [0, 0.1) is 0 Å². The monoisotopic (exact) mass is 620 g/mol. The fourth-order valence-electron chi connectivity index (χ4n) is 5.90. The molecule has 2 aliphatic rings. The Morgan fingerprint density at radius 1 is 1.02 bits per heavy atom. The molecular formula is C35H48N4O6. The van der Waals surface area contributed by atoms with Crippen LogP contribution in [0.1, 0.15) is 98.9 Å².